The Morgan fingerprint density at radius 2 is 2.15 bits per heavy atom. The summed E-state index contributed by atoms with van der Waals surface area (Å²) in [5, 5.41) is 3.46. The van der Waals surface area contributed by atoms with E-state index in [4.69, 9.17) is 0 Å². The van der Waals surface area contributed by atoms with Gasteiger partial charge in [0, 0.05) is 25.8 Å². The van der Waals surface area contributed by atoms with Gasteiger partial charge in [-0.15, -0.1) is 0 Å². The quantitative estimate of drug-likeness (QED) is 0.804. The number of nitrogens with zero attached hydrogens (tertiary/aromatic N) is 2. The third-order valence-corrected chi connectivity index (χ3v) is 4.49. The maximum atomic E-state index is 4.58. The molecule has 1 aromatic heterocycles. The Morgan fingerprint density at radius 3 is 2.90 bits per heavy atom. The first-order valence-electron chi connectivity index (χ1n) is 8.11. The lowest BCUT2D eigenvalue weighted by molar-refractivity contribution is 0.320. The lowest BCUT2D eigenvalue weighted by Crippen LogP contribution is -2.39. The number of hydrogen-bond donors (Lipinski definition) is 1. The first-order valence-corrected chi connectivity index (χ1v) is 8.11. The van der Waals surface area contributed by atoms with E-state index in [0.717, 1.165) is 24.8 Å². The molecule has 3 nitrogen and oxygen atoms in total. The second-order valence-corrected chi connectivity index (χ2v) is 6.14. The minimum atomic E-state index is 0.648. The lowest BCUT2D eigenvalue weighted by atomic mass is 9.85. The zero-order valence-electron chi connectivity index (χ0n) is 13.2. The molecule has 3 heteroatoms. The molecule has 1 saturated carbocycles. The summed E-state index contributed by atoms with van der Waals surface area (Å²) in [7, 11) is 2.21. The maximum Gasteiger partial charge on any atom is 0.128 e. The summed E-state index contributed by atoms with van der Waals surface area (Å²) in [5.41, 5.74) is 1.33. The Kier molecular flexibility index (Phi) is 5.84. The summed E-state index contributed by atoms with van der Waals surface area (Å²) in [6.45, 7) is 6.60. The van der Waals surface area contributed by atoms with Crippen molar-refractivity contribution in [1.82, 2.24) is 10.3 Å². The van der Waals surface area contributed by atoms with E-state index >= 15 is 0 Å². The zero-order chi connectivity index (χ0) is 14.4. The average molecular weight is 275 g/mol. The monoisotopic (exact) mass is 275 g/mol. The summed E-state index contributed by atoms with van der Waals surface area (Å²) in [5.74, 6) is 1.90. The molecule has 112 valence electrons. The van der Waals surface area contributed by atoms with Crippen molar-refractivity contribution in [2.24, 2.45) is 5.92 Å². The van der Waals surface area contributed by atoms with Gasteiger partial charge in [-0.2, -0.15) is 0 Å². The molecule has 0 amide bonds. The number of anilines is 1. The largest absolute Gasteiger partial charge is 0.356 e. The molecule has 0 aromatic carbocycles. The lowest BCUT2D eigenvalue weighted by Gasteiger charge is -2.37. The van der Waals surface area contributed by atoms with Crippen LogP contribution in [0.4, 0.5) is 5.82 Å². The van der Waals surface area contributed by atoms with Gasteiger partial charge in [0.1, 0.15) is 5.82 Å². The fourth-order valence-corrected chi connectivity index (χ4v) is 3.21. The Hall–Kier alpha value is -1.09. The van der Waals surface area contributed by atoms with Crippen molar-refractivity contribution in [2.45, 2.75) is 58.5 Å². The van der Waals surface area contributed by atoms with Crippen molar-refractivity contribution >= 4 is 5.82 Å². The first-order chi connectivity index (χ1) is 9.72. The molecule has 0 bridgehead atoms. The molecule has 2 atom stereocenters. The number of nitrogens with one attached hydrogen (secondary N) is 1. The molecule has 2 rings (SSSR count). The van der Waals surface area contributed by atoms with Crippen LogP contribution in [0.2, 0.25) is 0 Å². The van der Waals surface area contributed by atoms with Gasteiger partial charge in [0.25, 0.3) is 0 Å². The third kappa shape index (κ3) is 3.95. The fraction of sp³-hybridized carbons (Fsp3) is 0.706. The van der Waals surface area contributed by atoms with Crippen LogP contribution in [0.5, 0.6) is 0 Å². The minimum Gasteiger partial charge on any atom is -0.356 e. The van der Waals surface area contributed by atoms with Gasteiger partial charge < -0.3 is 10.2 Å². The average Bonchev–Trinajstić information content (AvgIpc) is 2.48. The van der Waals surface area contributed by atoms with Gasteiger partial charge in [-0.3, -0.25) is 0 Å². The second kappa shape index (κ2) is 7.63. The smallest absolute Gasteiger partial charge is 0.128 e. The SMILES string of the molecule is CCCNCc1ccnc(N(C)C2CCCCC2C)c1. The van der Waals surface area contributed by atoms with Gasteiger partial charge >= 0.3 is 0 Å². The minimum absolute atomic E-state index is 0.648. The molecule has 0 radical (unpaired) electrons. The van der Waals surface area contributed by atoms with Crippen molar-refractivity contribution in [3.8, 4) is 0 Å². The Morgan fingerprint density at radius 1 is 1.35 bits per heavy atom. The number of aromatic nitrogens is 1. The number of rotatable bonds is 6. The molecule has 1 aromatic rings. The highest BCUT2D eigenvalue weighted by Crippen LogP contribution is 2.29. The van der Waals surface area contributed by atoms with E-state index in [1.165, 1.54) is 37.7 Å². The van der Waals surface area contributed by atoms with Crippen LogP contribution in [0.3, 0.4) is 0 Å². The van der Waals surface area contributed by atoms with Crippen molar-refractivity contribution in [1.29, 1.82) is 0 Å². The van der Waals surface area contributed by atoms with Crippen LogP contribution in [0.15, 0.2) is 18.3 Å². The van der Waals surface area contributed by atoms with E-state index in [9.17, 15) is 0 Å². The molecule has 0 spiro atoms. The third-order valence-electron chi connectivity index (χ3n) is 4.49. The summed E-state index contributed by atoms with van der Waals surface area (Å²) in [6.07, 6.45) is 8.53. The molecule has 1 N–H and O–H groups in total. The molecule has 1 fully saturated rings. The summed E-state index contributed by atoms with van der Waals surface area (Å²) < 4.78 is 0. The van der Waals surface area contributed by atoms with Crippen molar-refractivity contribution < 1.29 is 0 Å². The van der Waals surface area contributed by atoms with Crippen LogP contribution >= 0.6 is 0 Å². The highest BCUT2D eigenvalue weighted by Gasteiger charge is 2.25. The van der Waals surface area contributed by atoms with Crippen molar-refractivity contribution in [3.63, 3.8) is 0 Å². The molecule has 1 heterocycles. The summed E-state index contributed by atoms with van der Waals surface area (Å²) >= 11 is 0. The van der Waals surface area contributed by atoms with E-state index in [2.05, 4.69) is 48.2 Å². The molecular weight excluding hydrogens is 246 g/mol. The molecule has 2 unspecified atom stereocenters. The number of pyridine rings is 1. The summed E-state index contributed by atoms with van der Waals surface area (Å²) in [6, 6.07) is 5.00. The number of hydrogen-bond acceptors (Lipinski definition) is 3. The van der Waals surface area contributed by atoms with Crippen LogP contribution in [0.25, 0.3) is 0 Å². The summed E-state index contributed by atoms with van der Waals surface area (Å²) in [4.78, 5) is 6.97. The van der Waals surface area contributed by atoms with E-state index in [1.54, 1.807) is 0 Å². The van der Waals surface area contributed by atoms with E-state index in [0.29, 0.717) is 6.04 Å². The van der Waals surface area contributed by atoms with Gasteiger partial charge in [-0.25, -0.2) is 4.98 Å². The zero-order valence-corrected chi connectivity index (χ0v) is 13.2. The van der Waals surface area contributed by atoms with Crippen LogP contribution in [-0.4, -0.2) is 24.6 Å². The molecular formula is C17H29N3. The molecule has 20 heavy (non-hydrogen) atoms. The van der Waals surface area contributed by atoms with Crippen molar-refractivity contribution in [3.05, 3.63) is 23.9 Å². The Balaban J connectivity index is 2.01. The van der Waals surface area contributed by atoms with Gasteiger partial charge in [0.2, 0.25) is 0 Å². The normalized spacial score (nSPS) is 22.8. The van der Waals surface area contributed by atoms with Crippen LogP contribution in [0, 0.1) is 5.92 Å². The van der Waals surface area contributed by atoms with Gasteiger partial charge in [0.15, 0.2) is 0 Å². The molecule has 0 saturated heterocycles. The standard InChI is InChI=1S/C17H29N3/c1-4-10-18-13-15-9-11-19-17(12-15)20(3)16-8-6-5-7-14(16)2/h9,11-12,14,16,18H,4-8,10,13H2,1-3H3. The highest BCUT2D eigenvalue weighted by atomic mass is 15.2. The first kappa shape index (κ1) is 15.3. The molecule has 1 aliphatic carbocycles. The van der Waals surface area contributed by atoms with Gasteiger partial charge in [-0.05, 0) is 49.4 Å². The van der Waals surface area contributed by atoms with E-state index in [1.807, 2.05) is 6.20 Å². The predicted molar refractivity (Wildman–Crippen MR) is 86.1 cm³/mol. The topological polar surface area (TPSA) is 28.2 Å². The van der Waals surface area contributed by atoms with Crippen LogP contribution in [-0.2, 0) is 6.54 Å². The highest BCUT2D eigenvalue weighted by molar-refractivity contribution is 5.41. The van der Waals surface area contributed by atoms with Crippen molar-refractivity contribution in [2.75, 3.05) is 18.5 Å². The van der Waals surface area contributed by atoms with Gasteiger partial charge in [0.05, 0.1) is 0 Å². The van der Waals surface area contributed by atoms with E-state index in [-0.39, 0.29) is 0 Å². The fourth-order valence-electron chi connectivity index (χ4n) is 3.21. The van der Waals surface area contributed by atoms with Crippen LogP contribution in [0.1, 0.15) is 51.5 Å². The maximum absolute atomic E-state index is 4.58. The van der Waals surface area contributed by atoms with Crippen LogP contribution < -0.4 is 10.2 Å². The Bertz CT molecular complexity index is 405. The Labute approximate surface area is 123 Å². The van der Waals surface area contributed by atoms with E-state index < -0.39 is 0 Å². The van der Waals surface area contributed by atoms with Gasteiger partial charge in [-0.1, -0.05) is 26.7 Å². The molecule has 1 aliphatic rings. The predicted octanol–water partition coefficient (Wildman–Crippen LogP) is 3.60. The second-order valence-electron chi connectivity index (χ2n) is 6.14. The molecule has 0 aliphatic heterocycles.